The Bertz CT molecular complexity index is 1060. The summed E-state index contributed by atoms with van der Waals surface area (Å²) in [5.74, 6) is -2.70. The predicted octanol–water partition coefficient (Wildman–Crippen LogP) is 2.84. The molecule has 0 fully saturated rings. The summed E-state index contributed by atoms with van der Waals surface area (Å²) in [6, 6.07) is 8.66. The third-order valence-corrected chi connectivity index (χ3v) is 4.22. The summed E-state index contributed by atoms with van der Waals surface area (Å²) < 4.78 is 60.0. The van der Waals surface area contributed by atoms with Gasteiger partial charge in [-0.2, -0.15) is 8.42 Å². The van der Waals surface area contributed by atoms with Crippen LogP contribution in [0, 0.1) is 11.6 Å². The van der Waals surface area contributed by atoms with E-state index in [9.17, 15) is 22.0 Å². The lowest BCUT2D eigenvalue weighted by Gasteiger charge is -2.08. The van der Waals surface area contributed by atoms with Crippen molar-refractivity contribution in [1.82, 2.24) is 0 Å². The van der Waals surface area contributed by atoms with Crippen LogP contribution in [0.4, 0.5) is 8.78 Å². The second-order valence-electron chi connectivity index (χ2n) is 4.57. The van der Waals surface area contributed by atoms with Gasteiger partial charge in [-0.05, 0) is 36.4 Å². The summed E-state index contributed by atoms with van der Waals surface area (Å²) in [6.07, 6.45) is 0. The molecule has 2 aromatic carbocycles. The van der Waals surface area contributed by atoms with Gasteiger partial charge in [-0.1, -0.05) is 0 Å². The third kappa shape index (κ3) is 3.07. The Balaban J connectivity index is 2.00. The number of benzene rings is 2. The van der Waals surface area contributed by atoms with Crippen LogP contribution in [-0.4, -0.2) is 8.42 Å². The molecule has 0 aliphatic heterocycles. The highest BCUT2D eigenvalue weighted by atomic mass is 32.2. The highest BCUT2D eigenvalue weighted by Crippen LogP contribution is 2.23. The van der Waals surface area contributed by atoms with Gasteiger partial charge in [-0.3, -0.25) is 0 Å². The lowest BCUT2D eigenvalue weighted by atomic mass is 10.2. The molecule has 0 aliphatic carbocycles. The number of hydrogen-bond donors (Lipinski definition) is 0. The first-order chi connectivity index (χ1) is 10.8. The molecule has 3 rings (SSSR count). The molecule has 5 nitrogen and oxygen atoms in total. The summed E-state index contributed by atoms with van der Waals surface area (Å²) in [4.78, 5) is 10.9. The van der Waals surface area contributed by atoms with Crippen molar-refractivity contribution in [3.63, 3.8) is 0 Å². The fourth-order valence-electron chi connectivity index (χ4n) is 1.91. The van der Waals surface area contributed by atoms with E-state index in [1.54, 1.807) is 0 Å². The minimum atomic E-state index is -4.25. The van der Waals surface area contributed by atoms with E-state index in [0.29, 0.717) is 11.5 Å². The molecule has 3 aromatic rings. The molecule has 0 saturated carbocycles. The highest BCUT2D eigenvalue weighted by Gasteiger charge is 2.18. The standard InChI is InChI=1S/C15H8F2O5S/c16-12-4-2-10(8-13(12)17)22-23(19,20)11-3-5-14-9(7-11)1-6-15(18)21-14/h1-8H. The molecule has 0 N–H and O–H groups in total. The second-order valence-corrected chi connectivity index (χ2v) is 6.11. The number of rotatable bonds is 3. The van der Waals surface area contributed by atoms with Crippen molar-refractivity contribution in [2.45, 2.75) is 4.90 Å². The van der Waals surface area contributed by atoms with E-state index in [1.807, 2.05) is 0 Å². The molecule has 8 heteroatoms. The van der Waals surface area contributed by atoms with Gasteiger partial charge in [0.05, 0.1) is 0 Å². The molecular weight excluding hydrogens is 330 g/mol. The van der Waals surface area contributed by atoms with Crippen molar-refractivity contribution in [3.05, 3.63) is 70.6 Å². The fraction of sp³-hybridized carbons (Fsp3) is 0. The maximum Gasteiger partial charge on any atom is 0.339 e. The molecule has 0 unspecified atom stereocenters. The molecule has 118 valence electrons. The summed E-state index contributed by atoms with van der Waals surface area (Å²) in [6.45, 7) is 0. The van der Waals surface area contributed by atoms with Crippen LogP contribution < -0.4 is 9.81 Å². The molecule has 0 saturated heterocycles. The van der Waals surface area contributed by atoms with Crippen molar-refractivity contribution in [1.29, 1.82) is 0 Å². The Morgan fingerprint density at radius 2 is 1.70 bits per heavy atom. The van der Waals surface area contributed by atoms with Crippen LogP contribution in [0.15, 0.2) is 62.6 Å². The highest BCUT2D eigenvalue weighted by molar-refractivity contribution is 7.87. The van der Waals surface area contributed by atoms with Gasteiger partial charge in [0.25, 0.3) is 0 Å². The van der Waals surface area contributed by atoms with Gasteiger partial charge in [0, 0.05) is 17.5 Å². The Morgan fingerprint density at radius 1 is 0.913 bits per heavy atom. The zero-order chi connectivity index (χ0) is 16.6. The van der Waals surface area contributed by atoms with E-state index in [-0.39, 0.29) is 16.2 Å². The number of halogens is 2. The number of fused-ring (bicyclic) bond motifs is 1. The van der Waals surface area contributed by atoms with E-state index in [0.717, 1.165) is 18.2 Å². The summed E-state index contributed by atoms with van der Waals surface area (Å²) in [5.41, 5.74) is -0.351. The molecular formula is C15H8F2O5S. The quantitative estimate of drug-likeness (QED) is 0.542. The van der Waals surface area contributed by atoms with Crippen LogP contribution in [0.25, 0.3) is 11.0 Å². The molecule has 0 aliphatic rings. The lowest BCUT2D eigenvalue weighted by Crippen LogP contribution is -2.10. The number of hydrogen-bond acceptors (Lipinski definition) is 5. The fourth-order valence-corrected chi connectivity index (χ4v) is 2.87. The monoisotopic (exact) mass is 338 g/mol. The Hall–Kier alpha value is -2.74. The Labute approximate surface area is 128 Å². The van der Waals surface area contributed by atoms with Crippen molar-refractivity contribution < 1.29 is 25.8 Å². The van der Waals surface area contributed by atoms with Gasteiger partial charge in [-0.15, -0.1) is 0 Å². The molecule has 0 atom stereocenters. The van der Waals surface area contributed by atoms with Crippen molar-refractivity contribution in [3.8, 4) is 5.75 Å². The van der Waals surface area contributed by atoms with Gasteiger partial charge in [0.15, 0.2) is 11.6 Å². The van der Waals surface area contributed by atoms with Crippen molar-refractivity contribution in [2.75, 3.05) is 0 Å². The van der Waals surface area contributed by atoms with Gasteiger partial charge in [-0.25, -0.2) is 13.6 Å². The zero-order valence-corrected chi connectivity index (χ0v) is 12.1. The first-order valence-electron chi connectivity index (χ1n) is 6.29. The topological polar surface area (TPSA) is 73.6 Å². The van der Waals surface area contributed by atoms with Crippen molar-refractivity contribution in [2.24, 2.45) is 0 Å². The Kier molecular flexibility index (Phi) is 3.61. The van der Waals surface area contributed by atoms with Gasteiger partial charge >= 0.3 is 15.7 Å². The average molecular weight is 338 g/mol. The molecule has 0 spiro atoms. The third-order valence-electron chi connectivity index (χ3n) is 2.98. The average Bonchev–Trinajstić information content (AvgIpc) is 2.50. The minimum Gasteiger partial charge on any atom is -0.423 e. The first kappa shape index (κ1) is 15.2. The molecule has 0 bridgehead atoms. The molecule has 1 heterocycles. The molecule has 0 amide bonds. The van der Waals surface area contributed by atoms with Crippen LogP contribution in [-0.2, 0) is 10.1 Å². The van der Waals surface area contributed by atoms with Crippen LogP contribution in [0.5, 0.6) is 5.75 Å². The smallest absolute Gasteiger partial charge is 0.339 e. The van der Waals surface area contributed by atoms with Crippen LogP contribution in [0.3, 0.4) is 0 Å². The zero-order valence-electron chi connectivity index (χ0n) is 11.3. The van der Waals surface area contributed by atoms with E-state index in [1.165, 1.54) is 24.3 Å². The van der Waals surface area contributed by atoms with E-state index >= 15 is 0 Å². The Morgan fingerprint density at radius 3 is 2.43 bits per heavy atom. The second kappa shape index (κ2) is 5.47. The minimum absolute atomic E-state index is 0.212. The maximum absolute atomic E-state index is 13.1. The molecule has 1 aromatic heterocycles. The van der Waals surface area contributed by atoms with Crippen LogP contribution in [0.2, 0.25) is 0 Å². The van der Waals surface area contributed by atoms with Crippen LogP contribution in [0.1, 0.15) is 0 Å². The first-order valence-corrected chi connectivity index (χ1v) is 7.69. The van der Waals surface area contributed by atoms with Crippen LogP contribution >= 0.6 is 0 Å². The SMILES string of the molecule is O=c1ccc2cc(S(=O)(=O)Oc3ccc(F)c(F)c3)ccc2o1. The molecule has 23 heavy (non-hydrogen) atoms. The lowest BCUT2D eigenvalue weighted by molar-refractivity contribution is 0.472. The van der Waals surface area contributed by atoms with E-state index in [2.05, 4.69) is 0 Å². The maximum atomic E-state index is 13.1. The van der Waals surface area contributed by atoms with Gasteiger partial charge < -0.3 is 8.60 Å². The summed E-state index contributed by atoms with van der Waals surface area (Å²) >= 11 is 0. The predicted molar refractivity (Wildman–Crippen MR) is 76.7 cm³/mol. The van der Waals surface area contributed by atoms with Gasteiger partial charge in [0.1, 0.15) is 16.2 Å². The van der Waals surface area contributed by atoms with E-state index < -0.39 is 27.4 Å². The summed E-state index contributed by atoms with van der Waals surface area (Å²) in [5, 5.41) is 0.375. The van der Waals surface area contributed by atoms with Gasteiger partial charge in [0.2, 0.25) is 0 Å². The van der Waals surface area contributed by atoms with E-state index in [4.69, 9.17) is 8.60 Å². The normalized spacial score (nSPS) is 11.6. The van der Waals surface area contributed by atoms with Crippen molar-refractivity contribution >= 4 is 21.1 Å². The summed E-state index contributed by atoms with van der Waals surface area (Å²) in [7, 11) is -4.25. The largest absolute Gasteiger partial charge is 0.423 e. The molecule has 0 radical (unpaired) electrons.